The van der Waals surface area contributed by atoms with E-state index in [1.807, 2.05) is 37.3 Å². The molecule has 1 aromatic heterocycles. The molecule has 2 aromatic rings. The van der Waals surface area contributed by atoms with Gasteiger partial charge in [-0.2, -0.15) is 0 Å². The van der Waals surface area contributed by atoms with E-state index >= 15 is 0 Å². The Morgan fingerprint density at radius 3 is 2.54 bits per heavy atom. The summed E-state index contributed by atoms with van der Waals surface area (Å²) in [7, 11) is 0. The molecular formula is C18H23N3O3. The van der Waals surface area contributed by atoms with Crippen molar-refractivity contribution in [3.63, 3.8) is 0 Å². The normalized spacial score (nSPS) is 16.9. The average molecular weight is 329 g/mol. The van der Waals surface area contributed by atoms with Gasteiger partial charge in [-0.15, -0.1) is 0 Å². The highest BCUT2D eigenvalue weighted by Gasteiger charge is 2.33. The van der Waals surface area contributed by atoms with Crippen molar-refractivity contribution in [2.45, 2.75) is 44.9 Å². The maximum Gasteiger partial charge on any atom is 0.275 e. The van der Waals surface area contributed by atoms with E-state index in [1.165, 1.54) is 11.1 Å². The summed E-state index contributed by atoms with van der Waals surface area (Å²) >= 11 is 0. The largest absolute Gasteiger partial charge is 0.295 e. The molecule has 1 aliphatic carbocycles. The molecule has 1 fully saturated rings. The summed E-state index contributed by atoms with van der Waals surface area (Å²) in [5, 5.41) is 14.3. The predicted molar refractivity (Wildman–Crippen MR) is 92.3 cm³/mol. The highest BCUT2D eigenvalue weighted by atomic mass is 16.6. The van der Waals surface area contributed by atoms with Gasteiger partial charge < -0.3 is 0 Å². The van der Waals surface area contributed by atoms with Crippen LogP contribution in [0.3, 0.4) is 0 Å². The Hall–Kier alpha value is -2.37. The van der Waals surface area contributed by atoms with Crippen LogP contribution in [0.1, 0.15) is 49.3 Å². The fourth-order valence-electron chi connectivity index (χ4n) is 3.93. The molecule has 1 N–H and O–H groups in total. The number of aromatic nitrogens is 2. The molecule has 0 radical (unpaired) electrons. The van der Waals surface area contributed by atoms with E-state index in [-0.39, 0.29) is 28.9 Å². The van der Waals surface area contributed by atoms with Crippen LogP contribution in [-0.4, -0.2) is 21.2 Å². The van der Waals surface area contributed by atoms with Gasteiger partial charge in [0.2, 0.25) is 6.54 Å². The number of para-hydroxylation sites is 1. The zero-order valence-corrected chi connectivity index (χ0v) is 13.9. The summed E-state index contributed by atoms with van der Waals surface area (Å²) in [6.07, 6.45) is 5.30. The number of benzene rings is 1. The standard InChI is InChI=1S/C18H23N3O3/c1-13-17(16(12-20(23)24)14-8-4-2-5-9-14)18(22)21(19-13)15-10-6-3-7-11-15/h3,6-7,10-11,14,16,19H,2,4-5,8-9,12H2,1H3/t16-/m1/s1. The van der Waals surface area contributed by atoms with Gasteiger partial charge in [0.1, 0.15) is 0 Å². The number of rotatable bonds is 5. The Bertz CT molecular complexity index is 758. The lowest BCUT2D eigenvalue weighted by Gasteiger charge is -2.27. The molecule has 0 spiro atoms. The molecule has 1 aromatic carbocycles. The number of nitrogens with one attached hydrogen (secondary N) is 1. The molecule has 3 rings (SSSR count). The smallest absolute Gasteiger partial charge is 0.275 e. The first-order valence-electron chi connectivity index (χ1n) is 8.56. The lowest BCUT2D eigenvalue weighted by Crippen LogP contribution is -2.29. The minimum atomic E-state index is -0.311. The predicted octanol–water partition coefficient (Wildman–Crippen LogP) is 3.41. The Morgan fingerprint density at radius 2 is 1.92 bits per heavy atom. The van der Waals surface area contributed by atoms with Crippen LogP contribution in [0.25, 0.3) is 5.69 Å². The second-order valence-electron chi connectivity index (χ2n) is 6.65. The third-order valence-corrected chi connectivity index (χ3v) is 5.07. The maximum absolute atomic E-state index is 13.0. The van der Waals surface area contributed by atoms with E-state index < -0.39 is 0 Å². The van der Waals surface area contributed by atoms with E-state index in [2.05, 4.69) is 5.10 Å². The van der Waals surface area contributed by atoms with Crippen molar-refractivity contribution in [2.24, 2.45) is 5.92 Å². The molecule has 6 heteroatoms. The van der Waals surface area contributed by atoms with Gasteiger partial charge in [0.15, 0.2) is 0 Å². The summed E-state index contributed by atoms with van der Waals surface area (Å²) in [5.74, 6) is -0.0930. The van der Waals surface area contributed by atoms with Crippen molar-refractivity contribution < 1.29 is 4.92 Å². The molecule has 24 heavy (non-hydrogen) atoms. The fraction of sp³-hybridized carbons (Fsp3) is 0.500. The van der Waals surface area contributed by atoms with E-state index in [1.54, 1.807) is 0 Å². The number of H-pyrrole nitrogens is 1. The first-order chi connectivity index (χ1) is 11.6. The molecule has 1 saturated carbocycles. The van der Waals surface area contributed by atoms with Crippen molar-refractivity contribution in [2.75, 3.05) is 6.54 Å². The minimum absolute atomic E-state index is 0.156. The summed E-state index contributed by atoms with van der Waals surface area (Å²) in [5.41, 5.74) is 1.92. The van der Waals surface area contributed by atoms with Gasteiger partial charge in [0, 0.05) is 16.2 Å². The molecule has 0 saturated heterocycles. The first kappa shape index (κ1) is 16.5. The van der Waals surface area contributed by atoms with Crippen LogP contribution in [0.4, 0.5) is 0 Å². The van der Waals surface area contributed by atoms with Gasteiger partial charge in [-0.3, -0.25) is 20.0 Å². The number of nitrogens with zero attached hydrogens (tertiary/aromatic N) is 2. The molecular weight excluding hydrogens is 306 g/mol. The fourth-order valence-corrected chi connectivity index (χ4v) is 3.93. The van der Waals surface area contributed by atoms with Gasteiger partial charge in [0.05, 0.1) is 11.6 Å². The third-order valence-electron chi connectivity index (χ3n) is 5.07. The highest BCUT2D eigenvalue weighted by molar-refractivity contribution is 5.34. The summed E-state index contributed by atoms with van der Waals surface area (Å²) < 4.78 is 1.50. The molecule has 1 heterocycles. The molecule has 0 aliphatic heterocycles. The Labute approximate surface area is 140 Å². The van der Waals surface area contributed by atoms with Crippen molar-refractivity contribution in [1.82, 2.24) is 9.78 Å². The van der Waals surface area contributed by atoms with Gasteiger partial charge in [-0.05, 0) is 37.8 Å². The minimum Gasteiger partial charge on any atom is -0.295 e. The third kappa shape index (κ3) is 3.27. The lowest BCUT2D eigenvalue weighted by molar-refractivity contribution is -0.485. The molecule has 0 amide bonds. The van der Waals surface area contributed by atoms with Crippen LogP contribution in [0.15, 0.2) is 35.1 Å². The molecule has 6 nitrogen and oxygen atoms in total. The van der Waals surface area contributed by atoms with Gasteiger partial charge in [0.25, 0.3) is 5.56 Å². The highest BCUT2D eigenvalue weighted by Crippen LogP contribution is 2.36. The van der Waals surface area contributed by atoms with Crippen molar-refractivity contribution >= 4 is 0 Å². The SMILES string of the molecule is Cc1[nH]n(-c2ccccc2)c(=O)c1[C@H](C[N+](=O)[O-])C1CCCCC1. The van der Waals surface area contributed by atoms with Crippen LogP contribution in [0.2, 0.25) is 0 Å². The zero-order chi connectivity index (χ0) is 17.1. The Balaban J connectivity index is 2.03. The van der Waals surface area contributed by atoms with Crippen LogP contribution < -0.4 is 5.56 Å². The van der Waals surface area contributed by atoms with Gasteiger partial charge in [-0.25, -0.2) is 4.68 Å². The second kappa shape index (κ2) is 7.03. The van der Waals surface area contributed by atoms with Crippen molar-refractivity contribution in [1.29, 1.82) is 0 Å². The quantitative estimate of drug-likeness (QED) is 0.674. The molecule has 1 atom stereocenters. The van der Waals surface area contributed by atoms with Gasteiger partial charge >= 0.3 is 0 Å². The monoisotopic (exact) mass is 329 g/mol. The number of hydrogen-bond donors (Lipinski definition) is 1. The Kier molecular flexibility index (Phi) is 4.83. The van der Waals surface area contributed by atoms with E-state index in [9.17, 15) is 14.9 Å². The second-order valence-corrected chi connectivity index (χ2v) is 6.65. The maximum atomic E-state index is 13.0. The number of nitro groups is 1. The van der Waals surface area contributed by atoms with Crippen LogP contribution in [-0.2, 0) is 0 Å². The summed E-state index contributed by atoms with van der Waals surface area (Å²) in [4.78, 5) is 23.9. The van der Waals surface area contributed by atoms with Crippen molar-refractivity contribution in [3.05, 3.63) is 62.1 Å². The number of aromatic amines is 1. The lowest BCUT2D eigenvalue weighted by atomic mass is 9.77. The summed E-state index contributed by atoms with van der Waals surface area (Å²) in [6.45, 7) is 1.67. The van der Waals surface area contributed by atoms with E-state index in [4.69, 9.17) is 0 Å². The molecule has 128 valence electrons. The molecule has 1 aliphatic rings. The molecule has 0 bridgehead atoms. The van der Waals surface area contributed by atoms with Gasteiger partial charge in [-0.1, -0.05) is 37.5 Å². The Morgan fingerprint density at radius 1 is 1.25 bits per heavy atom. The molecule has 0 unspecified atom stereocenters. The number of hydrogen-bond acceptors (Lipinski definition) is 3. The van der Waals surface area contributed by atoms with E-state index in [0.717, 1.165) is 37.1 Å². The van der Waals surface area contributed by atoms with Crippen LogP contribution in [0.5, 0.6) is 0 Å². The number of aryl methyl sites for hydroxylation is 1. The van der Waals surface area contributed by atoms with Crippen molar-refractivity contribution in [3.8, 4) is 5.69 Å². The van der Waals surface area contributed by atoms with E-state index in [0.29, 0.717) is 5.56 Å². The summed E-state index contributed by atoms with van der Waals surface area (Å²) in [6, 6.07) is 9.33. The zero-order valence-electron chi connectivity index (χ0n) is 13.9. The first-order valence-corrected chi connectivity index (χ1v) is 8.56. The topological polar surface area (TPSA) is 80.9 Å². The average Bonchev–Trinajstić information content (AvgIpc) is 2.89. The van der Waals surface area contributed by atoms with Crippen LogP contribution >= 0.6 is 0 Å². The van der Waals surface area contributed by atoms with Crippen LogP contribution in [0, 0.1) is 23.0 Å².